The van der Waals surface area contributed by atoms with E-state index in [1.807, 2.05) is 0 Å². The predicted octanol–water partition coefficient (Wildman–Crippen LogP) is 4.80. The van der Waals surface area contributed by atoms with E-state index in [1.54, 1.807) is 0 Å². The molecule has 1 rings (SSSR count). The van der Waals surface area contributed by atoms with Crippen molar-refractivity contribution in [2.75, 3.05) is 6.54 Å². The van der Waals surface area contributed by atoms with Crippen LogP contribution in [0.4, 0.5) is 0 Å². The first-order valence-corrected chi connectivity index (χ1v) is 7.00. The standard InChI is InChI=1S/C9H12.C4H10.C3H9N/c1-2-6-9-7-4-3-5-8-9;1-3-4-2;1-2-3-4/h3-5,7-8H,2,6H2,1H3;3-4H2,1-2H3;2-4H2,1H3. The molecule has 0 atom stereocenters. The summed E-state index contributed by atoms with van der Waals surface area (Å²) in [5.74, 6) is 0. The van der Waals surface area contributed by atoms with Gasteiger partial charge >= 0.3 is 0 Å². The number of aryl methyl sites for hydroxylation is 1. The summed E-state index contributed by atoms with van der Waals surface area (Å²) >= 11 is 0. The molecule has 1 aromatic rings. The van der Waals surface area contributed by atoms with Crippen LogP contribution < -0.4 is 5.73 Å². The molecule has 0 aliphatic heterocycles. The zero-order valence-corrected chi connectivity index (χ0v) is 12.2. The Bertz CT molecular complexity index is 198. The first-order chi connectivity index (χ1) is 8.26. The highest BCUT2D eigenvalue weighted by molar-refractivity contribution is 5.14. The number of rotatable bonds is 4. The largest absolute Gasteiger partial charge is 0.330 e. The fourth-order valence-electron chi connectivity index (χ4n) is 0.933. The maximum Gasteiger partial charge on any atom is -0.00799 e. The van der Waals surface area contributed by atoms with Crippen molar-refractivity contribution in [2.45, 2.75) is 59.8 Å². The van der Waals surface area contributed by atoms with E-state index in [2.05, 4.69) is 58.0 Å². The minimum atomic E-state index is 0.819. The number of hydrogen-bond donors (Lipinski definition) is 1. The number of nitrogens with two attached hydrogens (primary N) is 1. The summed E-state index contributed by atoms with van der Waals surface area (Å²) in [5, 5.41) is 0. The van der Waals surface area contributed by atoms with Gasteiger partial charge in [0.2, 0.25) is 0 Å². The van der Waals surface area contributed by atoms with Crippen molar-refractivity contribution in [3.63, 3.8) is 0 Å². The molecule has 2 N–H and O–H groups in total. The predicted molar refractivity (Wildman–Crippen MR) is 80.4 cm³/mol. The smallest absolute Gasteiger partial charge is 0.00799 e. The van der Waals surface area contributed by atoms with Gasteiger partial charge in [0.25, 0.3) is 0 Å². The van der Waals surface area contributed by atoms with Gasteiger partial charge in [-0.05, 0) is 24.9 Å². The average Bonchev–Trinajstić information content (AvgIpc) is 2.41. The molecule has 0 aromatic heterocycles. The summed E-state index contributed by atoms with van der Waals surface area (Å²) in [6.45, 7) is 9.44. The molecule has 0 radical (unpaired) electrons. The molecule has 0 heterocycles. The van der Waals surface area contributed by atoms with Gasteiger partial charge in [-0.15, -0.1) is 0 Å². The number of hydrogen-bond acceptors (Lipinski definition) is 1. The van der Waals surface area contributed by atoms with Crippen LogP contribution in [0, 0.1) is 0 Å². The van der Waals surface area contributed by atoms with Crippen LogP contribution in [0.5, 0.6) is 0 Å². The van der Waals surface area contributed by atoms with Gasteiger partial charge in [0.05, 0.1) is 0 Å². The summed E-state index contributed by atoms with van der Waals surface area (Å²) in [6, 6.07) is 10.6. The maximum atomic E-state index is 5.03. The van der Waals surface area contributed by atoms with Gasteiger partial charge in [-0.2, -0.15) is 0 Å². The molecule has 1 aromatic carbocycles. The Balaban J connectivity index is 0. The van der Waals surface area contributed by atoms with Crippen LogP contribution in [0.2, 0.25) is 0 Å². The van der Waals surface area contributed by atoms with E-state index in [-0.39, 0.29) is 0 Å². The second-order valence-electron chi connectivity index (χ2n) is 4.02. The van der Waals surface area contributed by atoms with Crippen LogP contribution in [0.1, 0.15) is 58.9 Å². The molecule has 0 fully saturated rings. The van der Waals surface area contributed by atoms with E-state index in [0.29, 0.717) is 0 Å². The molecule has 0 spiro atoms. The summed E-state index contributed by atoms with van der Waals surface area (Å²) in [4.78, 5) is 0. The van der Waals surface area contributed by atoms with Crippen LogP contribution in [0.15, 0.2) is 30.3 Å². The van der Waals surface area contributed by atoms with Crippen LogP contribution in [-0.4, -0.2) is 6.54 Å². The SMILES string of the molecule is CCCC.CCCN.CCCc1ccccc1. The zero-order chi connectivity index (χ0) is 13.4. The molecular weight excluding hydrogens is 206 g/mol. The van der Waals surface area contributed by atoms with Gasteiger partial charge in [-0.25, -0.2) is 0 Å². The lowest BCUT2D eigenvalue weighted by atomic mass is 10.1. The molecular formula is C16H31N. The Morgan fingerprint density at radius 2 is 1.24 bits per heavy atom. The van der Waals surface area contributed by atoms with Crippen molar-refractivity contribution >= 4 is 0 Å². The van der Waals surface area contributed by atoms with Gasteiger partial charge < -0.3 is 5.73 Å². The van der Waals surface area contributed by atoms with Crippen molar-refractivity contribution in [1.29, 1.82) is 0 Å². The van der Waals surface area contributed by atoms with Crippen LogP contribution in [0.25, 0.3) is 0 Å². The summed E-state index contributed by atoms with van der Waals surface area (Å²) in [6.07, 6.45) is 6.19. The van der Waals surface area contributed by atoms with Crippen LogP contribution in [0.3, 0.4) is 0 Å². The molecule has 0 bridgehead atoms. The first-order valence-electron chi connectivity index (χ1n) is 7.00. The molecule has 1 nitrogen and oxygen atoms in total. The monoisotopic (exact) mass is 237 g/mol. The summed E-state index contributed by atoms with van der Waals surface area (Å²) in [7, 11) is 0. The number of benzene rings is 1. The fraction of sp³-hybridized carbons (Fsp3) is 0.625. The third-order valence-electron chi connectivity index (χ3n) is 2.17. The van der Waals surface area contributed by atoms with Crippen LogP contribution in [-0.2, 0) is 6.42 Å². The Hall–Kier alpha value is -0.820. The highest BCUT2D eigenvalue weighted by atomic mass is 14.5. The molecule has 100 valence electrons. The second kappa shape index (κ2) is 17.6. The van der Waals surface area contributed by atoms with Crippen molar-refractivity contribution in [2.24, 2.45) is 5.73 Å². The third kappa shape index (κ3) is 17.8. The van der Waals surface area contributed by atoms with Crippen molar-refractivity contribution in [3.05, 3.63) is 35.9 Å². The van der Waals surface area contributed by atoms with E-state index in [1.165, 1.54) is 31.2 Å². The van der Waals surface area contributed by atoms with E-state index in [9.17, 15) is 0 Å². The molecule has 17 heavy (non-hydrogen) atoms. The van der Waals surface area contributed by atoms with Crippen LogP contribution >= 0.6 is 0 Å². The van der Waals surface area contributed by atoms with Gasteiger partial charge in [0, 0.05) is 0 Å². The summed E-state index contributed by atoms with van der Waals surface area (Å²) in [5.41, 5.74) is 6.47. The topological polar surface area (TPSA) is 26.0 Å². The van der Waals surface area contributed by atoms with E-state index in [4.69, 9.17) is 5.73 Å². The van der Waals surface area contributed by atoms with E-state index in [0.717, 1.165) is 13.0 Å². The lowest BCUT2D eigenvalue weighted by molar-refractivity contribution is 0.886. The lowest BCUT2D eigenvalue weighted by Gasteiger charge is -1.93. The van der Waals surface area contributed by atoms with E-state index < -0.39 is 0 Å². The summed E-state index contributed by atoms with van der Waals surface area (Å²) < 4.78 is 0. The molecule has 0 aliphatic carbocycles. The molecule has 0 aliphatic rings. The van der Waals surface area contributed by atoms with Gasteiger partial charge in [-0.3, -0.25) is 0 Å². The normalized spacial score (nSPS) is 8.53. The fourth-order valence-corrected chi connectivity index (χ4v) is 0.933. The zero-order valence-electron chi connectivity index (χ0n) is 12.2. The van der Waals surface area contributed by atoms with Crippen molar-refractivity contribution in [3.8, 4) is 0 Å². The second-order valence-corrected chi connectivity index (χ2v) is 4.02. The Morgan fingerprint density at radius 1 is 0.765 bits per heavy atom. The molecule has 0 saturated heterocycles. The quantitative estimate of drug-likeness (QED) is 0.799. The Kier molecular flexibility index (Phi) is 19.2. The minimum Gasteiger partial charge on any atom is -0.330 e. The highest BCUT2D eigenvalue weighted by Crippen LogP contribution is 2.00. The Morgan fingerprint density at radius 3 is 1.53 bits per heavy atom. The van der Waals surface area contributed by atoms with Gasteiger partial charge in [-0.1, -0.05) is 77.3 Å². The molecule has 1 heteroatoms. The van der Waals surface area contributed by atoms with Gasteiger partial charge in [0.1, 0.15) is 0 Å². The minimum absolute atomic E-state index is 0.819. The maximum absolute atomic E-state index is 5.03. The Labute approximate surface area is 108 Å². The lowest BCUT2D eigenvalue weighted by Crippen LogP contribution is -1.93. The highest BCUT2D eigenvalue weighted by Gasteiger charge is 1.84. The molecule has 0 amide bonds. The van der Waals surface area contributed by atoms with Crippen molar-refractivity contribution in [1.82, 2.24) is 0 Å². The molecule has 0 unspecified atom stereocenters. The molecule has 0 saturated carbocycles. The van der Waals surface area contributed by atoms with Crippen molar-refractivity contribution < 1.29 is 0 Å². The van der Waals surface area contributed by atoms with Gasteiger partial charge in [0.15, 0.2) is 0 Å². The number of unbranched alkanes of at least 4 members (excludes halogenated alkanes) is 1. The third-order valence-corrected chi connectivity index (χ3v) is 2.17. The average molecular weight is 237 g/mol. The first kappa shape index (κ1) is 18.5. The van der Waals surface area contributed by atoms with E-state index >= 15 is 0 Å².